The number of hydrogen-bond acceptors (Lipinski definition) is 3. The number of amides is 1. The summed E-state index contributed by atoms with van der Waals surface area (Å²) in [7, 11) is -3.88. The first kappa shape index (κ1) is 19.8. The van der Waals surface area contributed by atoms with Gasteiger partial charge < -0.3 is 5.32 Å². The second-order valence-electron chi connectivity index (χ2n) is 6.43. The molecule has 1 unspecified atom stereocenters. The van der Waals surface area contributed by atoms with E-state index in [0.29, 0.717) is 17.9 Å². The van der Waals surface area contributed by atoms with Gasteiger partial charge in [0.05, 0.1) is 4.90 Å². The van der Waals surface area contributed by atoms with Gasteiger partial charge in [0.2, 0.25) is 15.9 Å². The number of sulfonamides is 1. The quantitative estimate of drug-likeness (QED) is 0.822. The molecule has 8 heteroatoms. The Morgan fingerprint density at radius 2 is 1.93 bits per heavy atom. The molecule has 1 fully saturated rings. The summed E-state index contributed by atoms with van der Waals surface area (Å²) in [6.07, 6.45) is 1.89. The Balaban J connectivity index is 1.76. The maximum atomic E-state index is 13.1. The first-order valence-corrected chi connectivity index (χ1v) is 10.5. The molecule has 1 saturated heterocycles. The van der Waals surface area contributed by atoms with E-state index in [1.807, 2.05) is 6.07 Å². The lowest BCUT2D eigenvalue weighted by molar-refractivity contribution is -0.125. The molecule has 0 aromatic heterocycles. The van der Waals surface area contributed by atoms with Crippen molar-refractivity contribution in [2.75, 3.05) is 6.54 Å². The number of nitrogens with one attached hydrogen (secondary N) is 1. The number of benzene rings is 2. The van der Waals surface area contributed by atoms with Crippen molar-refractivity contribution in [2.45, 2.75) is 36.7 Å². The van der Waals surface area contributed by atoms with Gasteiger partial charge in [-0.2, -0.15) is 4.31 Å². The number of halogens is 2. The molecule has 0 spiro atoms. The van der Waals surface area contributed by atoms with Crippen LogP contribution in [0.4, 0.5) is 4.39 Å². The van der Waals surface area contributed by atoms with Crippen LogP contribution in [0.25, 0.3) is 0 Å². The molecule has 1 aliphatic heterocycles. The summed E-state index contributed by atoms with van der Waals surface area (Å²) in [6.45, 7) is 0.523. The molecule has 1 aliphatic rings. The monoisotopic (exact) mass is 410 g/mol. The van der Waals surface area contributed by atoms with Gasteiger partial charge in [-0.1, -0.05) is 30.2 Å². The highest BCUT2D eigenvalue weighted by molar-refractivity contribution is 7.89. The largest absolute Gasteiger partial charge is 0.351 e. The van der Waals surface area contributed by atoms with E-state index in [2.05, 4.69) is 5.32 Å². The Morgan fingerprint density at radius 3 is 2.63 bits per heavy atom. The van der Waals surface area contributed by atoms with E-state index in [1.54, 1.807) is 18.2 Å². The van der Waals surface area contributed by atoms with Crippen molar-refractivity contribution in [3.8, 4) is 0 Å². The number of hydrogen-bond donors (Lipinski definition) is 1. The molecular formula is C19H20ClFN2O3S. The van der Waals surface area contributed by atoms with E-state index in [-0.39, 0.29) is 23.9 Å². The minimum Gasteiger partial charge on any atom is -0.351 e. The molecule has 0 aliphatic carbocycles. The number of rotatable bonds is 5. The molecule has 0 saturated carbocycles. The van der Waals surface area contributed by atoms with Crippen molar-refractivity contribution < 1.29 is 17.6 Å². The zero-order chi connectivity index (χ0) is 19.4. The smallest absolute Gasteiger partial charge is 0.243 e. The number of piperidine rings is 1. The van der Waals surface area contributed by atoms with Gasteiger partial charge in [0, 0.05) is 18.1 Å². The number of carbonyl (C=O) groups excluding carboxylic acids is 1. The highest BCUT2D eigenvalue weighted by Gasteiger charge is 2.37. The lowest BCUT2D eigenvalue weighted by Crippen LogP contribution is -2.51. The molecule has 1 N–H and O–H groups in total. The molecule has 1 amide bonds. The Bertz CT molecular complexity index is 919. The highest BCUT2D eigenvalue weighted by atomic mass is 35.5. The van der Waals surface area contributed by atoms with Gasteiger partial charge in [-0.05, 0) is 54.8 Å². The van der Waals surface area contributed by atoms with Crippen molar-refractivity contribution in [1.29, 1.82) is 0 Å². The summed E-state index contributed by atoms with van der Waals surface area (Å²) in [5.74, 6) is -0.858. The maximum absolute atomic E-state index is 13.1. The van der Waals surface area contributed by atoms with Gasteiger partial charge in [0.15, 0.2) is 0 Å². The summed E-state index contributed by atoms with van der Waals surface area (Å²) in [5, 5.41) is 3.36. The van der Waals surface area contributed by atoms with Crippen molar-refractivity contribution in [2.24, 2.45) is 0 Å². The standard InChI is InChI=1S/C19H20ClFN2O3S/c20-15-5-3-4-14(12-15)13-22-19(24)18-6-1-2-11-23(18)27(25,26)17-9-7-16(21)8-10-17/h3-5,7-10,12,18H,1-2,6,11,13H2,(H,22,24). The molecule has 5 nitrogen and oxygen atoms in total. The van der Waals surface area contributed by atoms with E-state index >= 15 is 0 Å². The molecule has 1 atom stereocenters. The zero-order valence-electron chi connectivity index (χ0n) is 14.6. The van der Waals surface area contributed by atoms with Gasteiger partial charge in [-0.25, -0.2) is 12.8 Å². The molecule has 3 rings (SSSR count). The highest BCUT2D eigenvalue weighted by Crippen LogP contribution is 2.26. The molecule has 144 valence electrons. The van der Waals surface area contributed by atoms with Crippen LogP contribution < -0.4 is 5.32 Å². The first-order chi connectivity index (χ1) is 12.9. The van der Waals surface area contributed by atoms with Gasteiger partial charge in [0.25, 0.3) is 0 Å². The fraction of sp³-hybridized carbons (Fsp3) is 0.316. The van der Waals surface area contributed by atoms with E-state index in [4.69, 9.17) is 11.6 Å². The molecule has 2 aromatic carbocycles. The predicted octanol–water partition coefficient (Wildman–Crippen LogP) is 3.34. The van der Waals surface area contributed by atoms with Crippen molar-refractivity contribution in [3.63, 3.8) is 0 Å². The third kappa shape index (κ3) is 4.66. The van der Waals surface area contributed by atoms with Gasteiger partial charge >= 0.3 is 0 Å². The number of carbonyl (C=O) groups is 1. The second-order valence-corrected chi connectivity index (χ2v) is 8.76. The van der Waals surface area contributed by atoms with Crippen LogP contribution in [0, 0.1) is 5.82 Å². The first-order valence-electron chi connectivity index (χ1n) is 8.67. The summed E-state index contributed by atoms with van der Waals surface area (Å²) in [4.78, 5) is 12.7. The zero-order valence-corrected chi connectivity index (χ0v) is 16.1. The van der Waals surface area contributed by atoms with E-state index in [9.17, 15) is 17.6 Å². The summed E-state index contributed by atoms with van der Waals surface area (Å²) < 4.78 is 40.2. The number of nitrogens with zero attached hydrogens (tertiary/aromatic N) is 1. The van der Waals surface area contributed by atoms with Crippen molar-refractivity contribution in [3.05, 3.63) is 64.9 Å². The van der Waals surface area contributed by atoms with Crippen LogP contribution in [0.3, 0.4) is 0 Å². The van der Waals surface area contributed by atoms with Crippen molar-refractivity contribution >= 4 is 27.5 Å². The fourth-order valence-electron chi connectivity index (χ4n) is 3.15. The van der Waals surface area contributed by atoms with Gasteiger partial charge in [0.1, 0.15) is 11.9 Å². The van der Waals surface area contributed by atoms with Crippen molar-refractivity contribution in [1.82, 2.24) is 9.62 Å². The molecule has 1 heterocycles. The van der Waals surface area contributed by atoms with Crippen LogP contribution in [0.15, 0.2) is 53.4 Å². The fourth-order valence-corrected chi connectivity index (χ4v) is 5.02. The van der Waals surface area contributed by atoms with Crippen LogP contribution in [0.1, 0.15) is 24.8 Å². The molecule has 2 aromatic rings. The topological polar surface area (TPSA) is 66.5 Å². The third-order valence-electron chi connectivity index (χ3n) is 4.53. The van der Waals surface area contributed by atoms with Crippen LogP contribution >= 0.6 is 11.6 Å². The third-order valence-corrected chi connectivity index (χ3v) is 6.69. The Kier molecular flexibility index (Phi) is 6.14. The molecule has 0 bridgehead atoms. The Hall–Kier alpha value is -1.96. The van der Waals surface area contributed by atoms with Crippen LogP contribution in [0.5, 0.6) is 0 Å². The Morgan fingerprint density at radius 1 is 1.19 bits per heavy atom. The minimum absolute atomic E-state index is 0.0153. The molecule has 0 radical (unpaired) electrons. The maximum Gasteiger partial charge on any atom is 0.243 e. The van der Waals surface area contributed by atoms with Gasteiger partial charge in [-0.3, -0.25) is 4.79 Å². The van der Waals surface area contributed by atoms with E-state index in [0.717, 1.165) is 24.1 Å². The van der Waals surface area contributed by atoms with E-state index < -0.39 is 21.9 Å². The van der Waals surface area contributed by atoms with Crippen LogP contribution in [-0.2, 0) is 21.4 Å². The summed E-state index contributed by atoms with van der Waals surface area (Å²) in [5.41, 5.74) is 0.833. The lowest BCUT2D eigenvalue weighted by atomic mass is 10.0. The second kappa shape index (κ2) is 8.37. The lowest BCUT2D eigenvalue weighted by Gasteiger charge is -2.33. The summed E-state index contributed by atoms with van der Waals surface area (Å²) >= 11 is 5.94. The van der Waals surface area contributed by atoms with Gasteiger partial charge in [-0.15, -0.1) is 0 Å². The average Bonchev–Trinajstić information content (AvgIpc) is 2.66. The SMILES string of the molecule is O=C(NCc1cccc(Cl)c1)C1CCCCN1S(=O)(=O)c1ccc(F)cc1. The minimum atomic E-state index is -3.88. The average molecular weight is 411 g/mol. The molecular weight excluding hydrogens is 391 g/mol. The van der Waals surface area contributed by atoms with Crippen LogP contribution in [-0.4, -0.2) is 31.2 Å². The van der Waals surface area contributed by atoms with Crippen LogP contribution in [0.2, 0.25) is 5.02 Å². The van der Waals surface area contributed by atoms with E-state index in [1.165, 1.54) is 16.4 Å². The predicted molar refractivity (Wildman–Crippen MR) is 101 cm³/mol. The molecule has 27 heavy (non-hydrogen) atoms. The Labute approximate surface area is 163 Å². The summed E-state index contributed by atoms with van der Waals surface area (Å²) in [6, 6.07) is 11.0. The normalized spacial score (nSPS) is 18.2.